The maximum atomic E-state index is 13.2. The van der Waals surface area contributed by atoms with Gasteiger partial charge in [-0.3, -0.25) is 24.0 Å². The maximum absolute atomic E-state index is 13.2. The molecule has 0 aliphatic carbocycles. The third kappa shape index (κ3) is 4.99. The summed E-state index contributed by atoms with van der Waals surface area (Å²) in [5.74, 6) is -0.422. The number of carbonyl (C=O) groups is 2. The van der Waals surface area contributed by atoms with E-state index in [1.807, 2.05) is 13.8 Å². The lowest BCUT2D eigenvalue weighted by atomic mass is 10.2. The molecule has 3 amide bonds. The highest BCUT2D eigenvalue weighted by Gasteiger charge is 2.27. The molecule has 3 heterocycles. The number of nitrogens with two attached hydrogens (primary N) is 1. The number of carbonyl (C=O) groups excluding carboxylic acids is 2. The van der Waals surface area contributed by atoms with Crippen LogP contribution in [0, 0.1) is 5.92 Å². The fraction of sp³-hybridized carbons (Fsp3) is 0.526. The number of aromatic amines is 1. The minimum atomic E-state index is -0.746. The molecule has 3 rings (SSSR count). The van der Waals surface area contributed by atoms with Gasteiger partial charge in [0, 0.05) is 38.7 Å². The fourth-order valence-corrected chi connectivity index (χ4v) is 4.18. The Kier molecular flexibility index (Phi) is 7.30. The summed E-state index contributed by atoms with van der Waals surface area (Å²) in [5.41, 5.74) is 5.17. The number of nitrogens with one attached hydrogen (secondary N) is 2. The third-order valence-corrected chi connectivity index (χ3v) is 5.72. The summed E-state index contributed by atoms with van der Waals surface area (Å²) in [6.45, 7) is 5.36. The van der Waals surface area contributed by atoms with Gasteiger partial charge >= 0.3 is 11.7 Å². The molecule has 32 heavy (non-hydrogen) atoms. The van der Waals surface area contributed by atoms with Crippen LogP contribution in [-0.4, -0.2) is 59.8 Å². The first kappa shape index (κ1) is 23.5. The number of nitrogens with zero attached hydrogens (tertiary/aromatic N) is 4. The quantitative estimate of drug-likeness (QED) is 0.470. The van der Waals surface area contributed by atoms with Gasteiger partial charge in [0.25, 0.3) is 5.56 Å². The monoisotopic (exact) mass is 465 g/mol. The van der Waals surface area contributed by atoms with E-state index in [-0.39, 0.29) is 49.6 Å². The van der Waals surface area contributed by atoms with E-state index < -0.39 is 17.2 Å². The van der Waals surface area contributed by atoms with Crippen LogP contribution in [0.2, 0.25) is 0 Å². The SMILES string of the molecule is COCCN(C(=O)Cc1csc(N2CCNC2=O)n1)c1c(N)n(CC(C)C)c(=O)[nH]c1=O. The summed E-state index contributed by atoms with van der Waals surface area (Å²) in [7, 11) is 1.48. The van der Waals surface area contributed by atoms with E-state index in [1.165, 1.54) is 32.8 Å². The minimum Gasteiger partial charge on any atom is -0.383 e. The smallest absolute Gasteiger partial charge is 0.330 e. The molecule has 1 fully saturated rings. The molecule has 1 aliphatic heterocycles. The van der Waals surface area contributed by atoms with Crippen molar-refractivity contribution in [2.75, 3.05) is 48.9 Å². The summed E-state index contributed by atoms with van der Waals surface area (Å²) < 4.78 is 6.35. The Labute approximate surface area is 188 Å². The average molecular weight is 466 g/mol. The number of ether oxygens (including phenoxy) is 1. The van der Waals surface area contributed by atoms with Crippen molar-refractivity contribution in [3.8, 4) is 0 Å². The highest BCUT2D eigenvalue weighted by Crippen LogP contribution is 2.24. The Morgan fingerprint density at radius 1 is 1.38 bits per heavy atom. The molecular weight excluding hydrogens is 438 g/mol. The van der Waals surface area contributed by atoms with Crippen molar-refractivity contribution in [1.29, 1.82) is 0 Å². The lowest BCUT2D eigenvalue weighted by molar-refractivity contribution is -0.118. The number of hydrogen-bond donors (Lipinski definition) is 3. The van der Waals surface area contributed by atoms with Gasteiger partial charge in [-0.2, -0.15) is 0 Å². The summed E-state index contributed by atoms with van der Waals surface area (Å²) in [6, 6.07) is -0.231. The van der Waals surface area contributed by atoms with Gasteiger partial charge in [-0.1, -0.05) is 13.8 Å². The van der Waals surface area contributed by atoms with Gasteiger partial charge in [0.2, 0.25) is 5.91 Å². The molecule has 12 nitrogen and oxygen atoms in total. The molecule has 0 unspecified atom stereocenters. The number of methoxy groups -OCH3 is 1. The van der Waals surface area contributed by atoms with Crippen molar-refractivity contribution in [3.05, 3.63) is 31.9 Å². The van der Waals surface area contributed by atoms with Crippen LogP contribution in [0.4, 0.5) is 21.4 Å². The van der Waals surface area contributed by atoms with E-state index >= 15 is 0 Å². The van der Waals surface area contributed by atoms with E-state index in [1.54, 1.807) is 5.38 Å². The average Bonchev–Trinajstić information content (AvgIpc) is 3.35. The Hall–Kier alpha value is -3.19. The number of anilines is 3. The number of hydrogen-bond acceptors (Lipinski definition) is 8. The number of aromatic nitrogens is 3. The normalized spacial score (nSPS) is 13.6. The second kappa shape index (κ2) is 9.96. The van der Waals surface area contributed by atoms with Gasteiger partial charge in [-0.05, 0) is 5.92 Å². The van der Waals surface area contributed by atoms with Gasteiger partial charge in [-0.15, -0.1) is 11.3 Å². The van der Waals surface area contributed by atoms with Gasteiger partial charge < -0.3 is 20.7 Å². The number of thiazole rings is 1. The molecule has 0 saturated carbocycles. The molecule has 13 heteroatoms. The van der Waals surface area contributed by atoms with E-state index in [0.717, 1.165) is 0 Å². The van der Waals surface area contributed by atoms with E-state index in [2.05, 4.69) is 15.3 Å². The van der Waals surface area contributed by atoms with E-state index in [4.69, 9.17) is 10.5 Å². The highest BCUT2D eigenvalue weighted by molar-refractivity contribution is 7.14. The molecule has 1 aliphatic rings. The number of urea groups is 1. The van der Waals surface area contributed by atoms with E-state index in [9.17, 15) is 19.2 Å². The zero-order valence-electron chi connectivity index (χ0n) is 18.2. The number of amides is 3. The van der Waals surface area contributed by atoms with Crippen LogP contribution in [-0.2, 0) is 22.5 Å². The molecule has 0 radical (unpaired) electrons. The molecule has 0 aromatic carbocycles. The molecule has 174 valence electrons. The largest absolute Gasteiger partial charge is 0.383 e. The Morgan fingerprint density at radius 3 is 2.75 bits per heavy atom. The van der Waals surface area contributed by atoms with Crippen LogP contribution in [0.15, 0.2) is 15.0 Å². The molecule has 0 bridgehead atoms. The third-order valence-electron chi connectivity index (χ3n) is 4.81. The van der Waals surface area contributed by atoms with Crippen molar-refractivity contribution in [1.82, 2.24) is 19.9 Å². The predicted octanol–water partition coefficient (Wildman–Crippen LogP) is -0.0170. The van der Waals surface area contributed by atoms with Crippen molar-refractivity contribution < 1.29 is 14.3 Å². The van der Waals surface area contributed by atoms with Gasteiger partial charge in [0.15, 0.2) is 10.8 Å². The Morgan fingerprint density at radius 2 is 2.12 bits per heavy atom. The van der Waals surface area contributed by atoms with Crippen molar-refractivity contribution in [3.63, 3.8) is 0 Å². The summed E-state index contributed by atoms with van der Waals surface area (Å²) in [4.78, 5) is 59.3. The van der Waals surface area contributed by atoms with Crippen LogP contribution in [0.25, 0.3) is 0 Å². The van der Waals surface area contributed by atoms with E-state index in [0.29, 0.717) is 23.9 Å². The van der Waals surface area contributed by atoms with Crippen LogP contribution < -0.4 is 32.1 Å². The zero-order valence-corrected chi connectivity index (χ0v) is 19.0. The molecule has 0 spiro atoms. The minimum absolute atomic E-state index is 0.0635. The predicted molar refractivity (Wildman–Crippen MR) is 121 cm³/mol. The van der Waals surface area contributed by atoms with Crippen molar-refractivity contribution in [2.45, 2.75) is 26.8 Å². The maximum Gasteiger partial charge on any atom is 0.330 e. The highest BCUT2D eigenvalue weighted by atomic mass is 32.1. The second-order valence-electron chi connectivity index (χ2n) is 7.72. The lowest BCUT2D eigenvalue weighted by Crippen LogP contribution is -2.43. The van der Waals surface area contributed by atoms with Crippen LogP contribution >= 0.6 is 11.3 Å². The molecule has 4 N–H and O–H groups in total. The molecule has 1 saturated heterocycles. The van der Waals surface area contributed by atoms with Crippen LogP contribution in [0.3, 0.4) is 0 Å². The van der Waals surface area contributed by atoms with Gasteiger partial charge in [-0.25, -0.2) is 14.6 Å². The molecule has 0 atom stereocenters. The molecule has 2 aromatic rings. The van der Waals surface area contributed by atoms with Gasteiger partial charge in [0.1, 0.15) is 5.82 Å². The fourth-order valence-electron chi connectivity index (χ4n) is 3.33. The second-order valence-corrected chi connectivity index (χ2v) is 8.55. The number of H-pyrrole nitrogens is 1. The lowest BCUT2D eigenvalue weighted by Gasteiger charge is -2.24. The summed E-state index contributed by atoms with van der Waals surface area (Å²) in [6.07, 6.45) is -0.113. The Bertz CT molecular complexity index is 1110. The van der Waals surface area contributed by atoms with Crippen molar-refractivity contribution >= 4 is 39.9 Å². The first-order valence-electron chi connectivity index (χ1n) is 10.1. The first-order chi connectivity index (χ1) is 15.2. The van der Waals surface area contributed by atoms with Crippen LogP contribution in [0.5, 0.6) is 0 Å². The first-order valence-corrected chi connectivity index (χ1v) is 11.0. The zero-order chi connectivity index (χ0) is 23.4. The summed E-state index contributed by atoms with van der Waals surface area (Å²) in [5, 5.41) is 4.89. The summed E-state index contributed by atoms with van der Waals surface area (Å²) >= 11 is 1.26. The van der Waals surface area contributed by atoms with Crippen LogP contribution in [0.1, 0.15) is 19.5 Å². The molecular formula is C19H27N7O5S. The number of nitrogen functional groups attached to an aromatic ring is 1. The number of rotatable bonds is 9. The Balaban J connectivity index is 1.91. The van der Waals surface area contributed by atoms with Gasteiger partial charge in [0.05, 0.1) is 18.7 Å². The molecule has 2 aromatic heterocycles. The topological polar surface area (TPSA) is 156 Å². The van der Waals surface area contributed by atoms with Crippen molar-refractivity contribution in [2.24, 2.45) is 5.92 Å². The standard InChI is InChI=1S/C19H27N7O5S/c1-11(2)9-26-15(20)14(16(28)23-18(26)30)24(6-7-31-3)13(27)8-12-10-32-19(22-12)25-5-4-21-17(25)29/h10-11H,4-9,20H2,1-3H3,(H,21,29)(H,23,28,30).